The molecule has 1 atom stereocenters. The van der Waals surface area contributed by atoms with Crippen LogP contribution in [0.1, 0.15) is 28.4 Å². The van der Waals surface area contributed by atoms with Crippen LogP contribution in [-0.2, 0) is 0 Å². The highest BCUT2D eigenvalue weighted by molar-refractivity contribution is 7.07. The van der Waals surface area contributed by atoms with Crippen molar-refractivity contribution < 1.29 is 14.3 Å². The molecule has 3 nitrogen and oxygen atoms in total. The fraction of sp³-hybridized carbons (Fsp3) is 0.214. The maximum absolute atomic E-state index is 13.5. The van der Waals surface area contributed by atoms with Gasteiger partial charge in [-0.1, -0.05) is 17.7 Å². The molecule has 1 amide bonds. The van der Waals surface area contributed by atoms with Crippen molar-refractivity contribution in [1.82, 2.24) is 5.32 Å². The van der Waals surface area contributed by atoms with Crippen molar-refractivity contribution in [2.24, 2.45) is 0 Å². The SMILES string of the molecule is O=C(NCC[C@@H](O)c1ccsc1)c1c(F)cccc1Cl. The van der Waals surface area contributed by atoms with Gasteiger partial charge in [-0.3, -0.25) is 4.79 Å². The van der Waals surface area contributed by atoms with E-state index in [4.69, 9.17) is 11.6 Å². The summed E-state index contributed by atoms with van der Waals surface area (Å²) in [6.45, 7) is 0.237. The van der Waals surface area contributed by atoms with Crippen molar-refractivity contribution in [1.29, 1.82) is 0 Å². The molecule has 0 aliphatic carbocycles. The van der Waals surface area contributed by atoms with Crippen molar-refractivity contribution >= 4 is 28.8 Å². The second kappa shape index (κ2) is 6.83. The largest absolute Gasteiger partial charge is 0.388 e. The molecule has 1 aromatic carbocycles. The summed E-state index contributed by atoms with van der Waals surface area (Å²) >= 11 is 7.29. The number of hydrogen-bond acceptors (Lipinski definition) is 3. The Hall–Kier alpha value is -1.43. The zero-order chi connectivity index (χ0) is 14.5. The normalized spacial score (nSPS) is 12.2. The Morgan fingerprint density at radius 2 is 2.25 bits per heavy atom. The molecule has 0 saturated carbocycles. The lowest BCUT2D eigenvalue weighted by molar-refractivity contribution is 0.0939. The van der Waals surface area contributed by atoms with Gasteiger partial charge >= 0.3 is 0 Å². The summed E-state index contributed by atoms with van der Waals surface area (Å²) < 4.78 is 13.5. The van der Waals surface area contributed by atoms with E-state index < -0.39 is 17.8 Å². The third-order valence-electron chi connectivity index (χ3n) is 2.82. The number of rotatable bonds is 5. The summed E-state index contributed by atoms with van der Waals surface area (Å²) in [6, 6.07) is 5.90. The first kappa shape index (κ1) is 15.0. The van der Waals surface area contributed by atoms with Crippen molar-refractivity contribution in [3.05, 3.63) is 57.0 Å². The smallest absolute Gasteiger partial charge is 0.255 e. The minimum absolute atomic E-state index is 0.0703. The lowest BCUT2D eigenvalue weighted by atomic mass is 10.1. The van der Waals surface area contributed by atoms with Gasteiger partial charge in [0.15, 0.2) is 0 Å². The number of aliphatic hydroxyl groups excluding tert-OH is 1. The summed E-state index contributed by atoms with van der Waals surface area (Å²) in [6.07, 6.45) is -0.285. The van der Waals surface area contributed by atoms with E-state index in [2.05, 4.69) is 5.32 Å². The van der Waals surface area contributed by atoms with E-state index in [0.29, 0.717) is 6.42 Å². The van der Waals surface area contributed by atoms with Crippen molar-refractivity contribution in [3.63, 3.8) is 0 Å². The van der Waals surface area contributed by atoms with Gasteiger partial charge in [0.1, 0.15) is 5.82 Å². The maximum Gasteiger partial charge on any atom is 0.255 e. The highest BCUT2D eigenvalue weighted by atomic mass is 35.5. The Morgan fingerprint density at radius 3 is 2.90 bits per heavy atom. The molecule has 6 heteroatoms. The maximum atomic E-state index is 13.5. The van der Waals surface area contributed by atoms with Gasteiger partial charge in [0, 0.05) is 6.54 Å². The second-order valence-corrected chi connectivity index (χ2v) is 5.40. The molecule has 20 heavy (non-hydrogen) atoms. The first-order chi connectivity index (χ1) is 9.59. The predicted molar refractivity (Wildman–Crippen MR) is 77.6 cm³/mol. The summed E-state index contributed by atoms with van der Waals surface area (Å²) in [5.41, 5.74) is 0.646. The van der Waals surface area contributed by atoms with Gasteiger partial charge < -0.3 is 10.4 Å². The van der Waals surface area contributed by atoms with Crippen LogP contribution in [0.4, 0.5) is 4.39 Å². The van der Waals surface area contributed by atoms with Crippen LogP contribution >= 0.6 is 22.9 Å². The third kappa shape index (κ3) is 3.56. The fourth-order valence-corrected chi connectivity index (χ4v) is 2.71. The molecule has 1 heterocycles. The van der Waals surface area contributed by atoms with E-state index >= 15 is 0 Å². The summed E-state index contributed by atoms with van der Waals surface area (Å²) in [5.74, 6) is -1.24. The molecular formula is C14H13ClFNO2S. The Morgan fingerprint density at radius 1 is 1.45 bits per heavy atom. The zero-order valence-electron chi connectivity index (χ0n) is 10.5. The van der Waals surface area contributed by atoms with Crippen molar-refractivity contribution in [2.45, 2.75) is 12.5 Å². The molecule has 2 N–H and O–H groups in total. The minimum Gasteiger partial charge on any atom is -0.388 e. The standard InChI is InChI=1S/C14H13ClFNO2S/c15-10-2-1-3-11(16)13(10)14(19)17-6-4-12(18)9-5-7-20-8-9/h1-3,5,7-8,12,18H,4,6H2,(H,17,19)/t12-/m1/s1. The van der Waals surface area contributed by atoms with Crippen LogP contribution in [0.15, 0.2) is 35.0 Å². The Labute approximate surface area is 125 Å². The van der Waals surface area contributed by atoms with Crippen LogP contribution in [-0.4, -0.2) is 17.6 Å². The van der Waals surface area contributed by atoms with Crippen LogP contribution in [0.5, 0.6) is 0 Å². The molecule has 0 unspecified atom stereocenters. The van der Waals surface area contributed by atoms with E-state index in [1.807, 2.05) is 16.8 Å². The van der Waals surface area contributed by atoms with Gasteiger partial charge in [-0.2, -0.15) is 11.3 Å². The Bertz CT molecular complexity index is 569. The van der Waals surface area contributed by atoms with Gasteiger partial charge in [0.25, 0.3) is 5.91 Å². The lowest BCUT2D eigenvalue weighted by Gasteiger charge is -2.11. The molecule has 0 radical (unpaired) electrons. The molecule has 2 aromatic rings. The zero-order valence-corrected chi connectivity index (χ0v) is 12.0. The number of carbonyl (C=O) groups excluding carboxylic acids is 1. The fourth-order valence-electron chi connectivity index (χ4n) is 1.76. The highest BCUT2D eigenvalue weighted by Gasteiger charge is 2.16. The number of thiophene rings is 1. The van der Waals surface area contributed by atoms with Crippen LogP contribution in [0.3, 0.4) is 0 Å². The van der Waals surface area contributed by atoms with Gasteiger partial charge in [-0.25, -0.2) is 4.39 Å². The van der Waals surface area contributed by atoms with E-state index in [9.17, 15) is 14.3 Å². The number of hydrogen-bond donors (Lipinski definition) is 2. The Balaban J connectivity index is 1.90. The number of amides is 1. The van der Waals surface area contributed by atoms with Crippen LogP contribution < -0.4 is 5.32 Å². The molecule has 0 saturated heterocycles. The quantitative estimate of drug-likeness (QED) is 0.889. The molecule has 0 fully saturated rings. The predicted octanol–water partition coefficient (Wildman–Crippen LogP) is 3.39. The van der Waals surface area contributed by atoms with Crippen molar-refractivity contribution in [3.8, 4) is 0 Å². The molecule has 106 valence electrons. The van der Waals surface area contributed by atoms with Gasteiger partial charge in [0.2, 0.25) is 0 Å². The minimum atomic E-state index is -0.659. The van der Waals surface area contributed by atoms with E-state index in [1.165, 1.54) is 29.5 Å². The molecule has 0 bridgehead atoms. The van der Waals surface area contributed by atoms with Crippen LogP contribution in [0, 0.1) is 5.82 Å². The molecule has 0 aliphatic rings. The number of aliphatic hydroxyl groups is 1. The van der Waals surface area contributed by atoms with Gasteiger partial charge in [-0.05, 0) is 40.9 Å². The Kier molecular flexibility index (Phi) is 5.11. The van der Waals surface area contributed by atoms with E-state index in [0.717, 1.165) is 5.56 Å². The summed E-state index contributed by atoms with van der Waals surface area (Å²) in [4.78, 5) is 11.8. The van der Waals surface area contributed by atoms with E-state index in [1.54, 1.807) is 0 Å². The topological polar surface area (TPSA) is 49.3 Å². The summed E-state index contributed by atoms with van der Waals surface area (Å²) in [7, 11) is 0. The first-order valence-electron chi connectivity index (χ1n) is 6.02. The van der Waals surface area contributed by atoms with Crippen LogP contribution in [0.2, 0.25) is 5.02 Å². The second-order valence-electron chi connectivity index (χ2n) is 4.21. The molecule has 2 rings (SSSR count). The third-order valence-corrected chi connectivity index (χ3v) is 3.84. The lowest BCUT2D eigenvalue weighted by Crippen LogP contribution is -2.26. The number of nitrogens with one attached hydrogen (secondary N) is 1. The molecular weight excluding hydrogens is 301 g/mol. The first-order valence-corrected chi connectivity index (χ1v) is 7.34. The molecule has 0 aliphatic heterocycles. The number of halogens is 2. The number of carbonyl (C=O) groups is 1. The van der Waals surface area contributed by atoms with Crippen LogP contribution in [0.25, 0.3) is 0 Å². The monoisotopic (exact) mass is 313 g/mol. The molecule has 0 spiro atoms. The van der Waals surface area contributed by atoms with Gasteiger partial charge in [0.05, 0.1) is 16.7 Å². The number of benzene rings is 1. The molecule has 1 aromatic heterocycles. The van der Waals surface area contributed by atoms with Crippen molar-refractivity contribution in [2.75, 3.05) is 6.54 Å². The average Bonchev–Trinajstić information content (AvgIpc) is 2.92. The average molecular weight is 314 g/mol. The highest BCUT2D eigenvalue weighted by Crippen LogP contribution is 2.20. The van der Waals surface area contributed by atoms with E-state index in [-0.39, 0.29) is 17.1 Å². The van der Waals surface area contributed by atoms with Gasteiger partial charge in [-0.15, -0.1) is 0 Å². The summed E-state index contributed by atoms with van der Waals surface area (Å²) in [5, 5.41) is 16.2.